The summed E-state index contributed by atoms with van der Waals surface area (Å²) in [5.41, 5.74) is 3.41. The first-order chi connectivity index (χ1) is 14.6. The summed E-state index contributed by atoms with van der Waals surface area (Å²) in [4.78, 5) is 2.18. The molecule has 0 spiro atoms. The maximum atomic E-state index is 10.4. The Bertz CT molecular complexity index is 1190. The van der Waals surface area contributed by atoms with E-state index in [-0.39, 0.29) is 5.92 Å². The highest BCUT2D eigenvalue weighted by atomic mass is 35.5. The monoisotopic (exact) mass is 441 g/mol. The fourth-order valence-electron chi connectivity index (χ4n) is 3.56. The number of nitrogens with one attached hydrogen (secondary N) is 3. The smallest absolute Gasteiger partial charge is 0.210 e. The van der Waals surface area contributed by atoms with Crippen molar-refractivity contribution < 1.29 is 5.11 Å². The van der Waals surface area contributed by atoms with E-state index in [4.69, 9.17) is 11.6 Å². The zero-order valence-corrected chi connectivity index (χ0v) is 17.7. The fraction of sp³-hybridized carbons (Fsp3) is 0.250. The maximum Gasteiger partial charge on any atom is 0.210 e. The lowest BCUT2D eigenvalue weighted by Crippen LogP contribution is -2.51. The molecule has 4 aromatic rings. The van der Waals surface area contributed by atoms with E-state index in [1.807, 2.05) is 43.4 Å². The normalized spacial score (nSPS) is 15.8. The SMILES string of the molecule is CN1CC(C(O)Nc2cccc(-c3nnc(Nc4ccc5[nH]ncc5c4Cl)s3)c2)C1. The second-order valence-corrected chi connectivity index (χ2v) is 8.80. The van der Waals surface area contributed by atoms with Crippen LogP contribution < -0.4 is 10.6 Å². The highest BCUT2D eigenvalue weighted by Crippen LogP contribution is 2.35. The van der Waals surface area contributed by atoms with Crippen LogP contribution in [0, 0.1) is 5.92 Å². The molecule has 2 aromatic heterocycles. The minimum absolute atomic E-state index is 0.244. The molecular weight excluding hydrogens is 422 g/mol. The van der Waals surface area contributed by atoms with Gasteiger partial charge in [0.25, 0.3) is 0 Å². The van der Waals surface area contributed by atoms with Crippen molar-refractivity contribution in [2.45, 2.75) is 6.23 Å². The summed E-state index contributed by atoms with van der Waals surface area (Å²) < 4.78 is 0. The number of aromatic nitrogens is 4. The van der Waals surface area contributed by atoms with Gasteiger partial charge in [-0.3, -0.25) is 5.10 Å². The number of halogens is 1. The first kappa shape index (κ1) is 19.3. The van der Waals surface area contributed by atoms with Crippen LogP contribution in [0.5, 0.6) is 0 Å². The molecule has 0 amide bonds. The molecule has 0 radical (unpaired) electrons. The van der Waals surface area contributed by atoms with Gasteiger partial charge in [-0.15, -0.1) is 10.2 Å². The Morgan fingerprint density at radius 1 is 1.27 bits per heavy atom. The van der Waals surface area contributed by atoms with Crippen molar-refractivity contribution in [3.05, 3.63) is 47.6 Å². The highest BCUT2D eigenvalue weighted by molar-refractivity contribution is 7.18. The number of aliphatic hydroxyl groups excluding tert-OH is 1. The van der Waals surface area contributed by atoms with Crippen molar-refractivity contribution in [3.63, 3.8) is 0 Å². The van der Waals surface area contributed by atoms with Crippen molar-refractivity contribution in [1.29, 1.82) is 0 Å². The van der Waals surface area contributed by atoms with Gasteiger partial charge in [0.1, 0.15) is 11.2 Å². The maximum absolute atomic E-state index is 10.4. The first-order valence-electron chi connectivity index (χ1n) is 9.52. The van der Waals surface area contributed by atoms with Crippen LogP contribution in [0.2, 0.25) is 5.02 Å². The molecule has 154 valence electrons. The molecule has 0 bridgehead atoms. The fourth-order valence-corrected chi connectivity index (χ4v) is 4.58. The molecule has 0 aliphatic carbocycles. The predicted octanol–water partition coefficient (Wildman–Crippen LogP) is 3.77. The summed E-state index contributed by atoms with van der Waals surface area (Å²) in [6.45, 7) is 1.79. The number of H-pyrrole nitrogens is 1. The van der Waals surface area contributed by atoms with E-state index < -0.39 is 6.23 Å². The third-order valence-corrected chi connectivity index (χ3v) is 6.48. The van der Waals surface area contributed by atoms with Crippen LogP contribution in [0.1, 0.15) is 0 Å². The zero-order valence-electron chi connectivity index (χ0n) is 16.1. The molecule has 1 aliphatic rings. The molecule has 0 saturated carbocycles. The van der Waals surface area contributed by atoms with Gasteiger partial charge in [-0.2, -0.15) is 5.10 Å². The minimum atomic E-state index is -0.567. The number of likely N-dealkylation sites (tertiary alicyclic amines) is 1. The lowest BCUT2D eigenvalue weighted by Gasteiger charge is -2.39. The average Bonchev–Trinajstić information content (AvgIpc) is 3.38. The van der Waals surface area contributed by atoms with Gasteiger partial charge in [0.05, 0.1) is 22.4 Å². The molecule has 4 N–H and O–H groups in total. The summed E-state index contributed by atoms with van der Waals surface area (Å²) in [7, 11) is 2.05. The molecule has 1 unspecified atom stereocenters. The Balaban J connectivity index is 1.32. The van der Waals surface area contributed by atoms with Crippen molar-refractivity contribution >= 4 is 50.3 Å². The quantitative estimate of drug-likeness (QED) is 0.338. The first-order valence-corrected chi connectivity index (χ1v) is 10.7. The number of aliphatic hydroxyl groups is 1. The molecule has 30 heavy (non-hydrogen) atoms. The topological polar surface area (TPSA) is 102 Å². The number of anilines is 3. The molecule has 1 atom stereocenters. The van der Waals surface area contributed by atoms with E-state index in [1.54, 1.807) is 6.20 Å². The van der Waals surface area contributed by atoms with Crippen LogP contribution in [-0.2, 0) is 0 Å². The number of benzene rings is 2. The predicted molar refractivity (Wildman–Crippen MR) is 120 cm³/mol. The van der Waals surface area contributed by atoms with Crippen molar-refractivity contribution in [2.24, 2.45) is 5.92 Å². The van der Waals surface area contributed by atoms with Gasteiger partial charge >= 0.3 is 0 Å². The number of hydrogen-bond donors (Lipinski definition) is 4. The Hall–Kier alpha value is -2.72. The summed E-state index contributed by atoms with van der Waals surface area (Å²) in [5, 5.41) is 35.1. The molecular formula is C20H20ClN7OS. The zero-order chi connectivity index (χ0) is 20.7. The second kappa shape index (κ2) is 7.84. The lowest BCUT2D eigenvalue weighted by molar-refractivity contribution is 0.0260. The van der Waals surface area contributed by atoms with Crippen LogP contribution >= 0.6 is 22.9 Å². The third kappa shape index (κ3) is 3.72. The van der Waals surface area contributed by atoms with Gasteiger partial charge < -0.3 is 20.6 Å². The van der Waals surface area contributed by atoms with E-state index in [9.17, 15) is 5.11 Å². The van der Waals surface area contributed by atoms with E-state index in [1.165, 1.54) is 11.3 Å². The summed E-state index contributed by atoms with van der Waals surface area (Å²) in [6, 6.07) is 11.6. The standard InChI is InChI=1S/C20H20ClN7OS/c1-28-9-12(10-28)18(29)23-13-4-2-3-11(7-13)19-26-27-20(30-19)24-16-6-5-15-14(17(16)21)8-22-25-15/h2-8,12,18,23,29H,9-10H2,1H3,(H,22,25)(H,24,27). The van der Waals surface area contributed by atoms with Crippen molar-refractivity contribution in [3.8, 4) is 10.6 Å². The number of hydrogen-bond acceptors (Lipinski definition) is 8. The summed E-state index contributed by atoms with van der Waals surface area (Å²) in [6.07, 6.45) is 1.13. The van der Waals surface area contributed by atoms with Gasteiger partial charge in [-0.1, -0.05) is 35.1 Å². The lowest BCUT2D eigenvalue weighted by atomic mass is 9.99. The van der Waals surface area contributed by atoms with E-state index in [0.717, 1.165) is 45.9 Å². The van der Waals surface area contributed by atoms with Crippen LogP contribution in [0.25, 0.3) is 21.5 Å². The molecule has 1 saturated heterocycles. The van der Waals surface area contributed by atoms with E-state index in [2.05, 4.69) is 35.9 Å². The van der Waals surface area contributed by atoms with Gasteiger partial charge in [-0.25, -0.2) is 0 Å². The largest absolute Gasteiger partial charge is 0.373 e. The van der Waals surface area contributed by atoms with Crippen LogP contribution in [0.15, 0.2) is 42.6 Å². The molecule has 1 aliphatic heterocycles. The summed E-state index contributed by atoms with van der Waals surface area (Å²) in [5.74, 6) is 0.244. The average molecular weight is 442 g/mol. The Labute approximate surface area is 181 Å². The van der Waals surface area contributed by atoms with Gasteiger partial charge in [0.2, 0.25) is 5.13 Å². The molecule has 5 rings (SSSR count). The number of nitrogens with zero attached hydrogens (tertiary/aromatic N) is 4. The van der Waals surface area contributed by atoms with Gasteiger partial charge in [0, 0.05) is 35.6 Å². The second-order valence-electron chi connectivity index (χ2n) is 7.45. The molecule has 1 fully saturated rings. The van der Waals surface area contributed by atoms with Crippen LogP contribution in [0.4, 0.5) is 16.5 Å². The minimum Gasteiger partial charge on any atom is -0.373 e. The third-order valence-electron chi connectivity index (χ3n) is 5.19. The Morgan fingerprint density at radius 2 is 2.13 bits per heavy atom. The Morgan fingerprint density at radius 3 is 2.97 bits per heavy atom. The number of rotatable bonds is 6. The summed E-state index contributed by atoms with van der Waals surface area (Å²) >= 11 is 7.91. The molecule has 10 heteroatoms. The van der Waals surface area contributed by atoms with Crippen molar-refractivity contribution in [2.75, 3.05) is 30.8 Å². The number of aromatic amines is 1. The molecule has 8 nitrogen and oxygen atoms in total. The molecule has 2 aromatic carbocycles. The van der Waals surface area contributed by atoms with Crippen LogP contribution in [-0.4, -0.2) is 56.8 Å². The van der Waals surface area contributed by atoms with E-state index >= 15 is 0 Å². The Kier molecular flexibility index (Phi) is 5.03. The van der Waals surface area contributed by atoms with Crippen LogP contribution in [0.3, 0.4) is 0 Å². The number of fused-ring (bicyclic) bond motifs is 1. The highest BCUT2D eigenvalue weighted by Gasteiger charge is 2.29. The van der Waals surface area contributed by atoms with E-state index in [0.29, 0.717) is 10.2 Å². The van der Waals surface area contributed by atoms with Crippen molar-refractivity contribution in [1.82, 2.24) is 25.3 Å². The molecule has 3 heterocycles. The van der Waals surface area contributed by atoms with Gasteiger partial charge in [0.15, 0.2) is 0 Å². The van der Waals surface area contributed by atoms with Gasteiger partial charge in [-0.05, 0) is 31.3 Å².